The van der Waals surface area contributed by atoms with E-state index in [1.807, 2.05) is 0 Å². The van der Waals surface area contributed by atoms with Crippen molar-refractivity contribution in [2.45, 2.75) is 6.92 Å². The lowest BCUT2D eigenvalue weighted by molar-refractivity contribution is -0.142. The molecular weight excluding hydrogens is 200 g/mol. The quantitative estimate of drug-likeness (QED) is 0.307. The Morgan fingerprint density at radius 1 is 1.07 bits per heavy atom. The van der Waals surface area contributed by atoms with Gasteiger partial charge in [0.15, 0.2) is 0 Å². The lowest BCUT2D eigenvalue weighted by atomic mass is 10.7. The van der Waals surface area contributed by atoms with Crippen LogP contribution in [0.4, 0.5) is 0 Å². The van der Waals surface area contributed by atoms with Gasteiger partial charge in [0.1, 0.15) is 13.2 Å². The summed E-state index contributed by atoms with van der Waals surface area (Å²) < 4.78 is 19.8. The topological polar surface area (TPSA) is 54.0 Å². The van der Waals surface area contributed by atoms with Gasteiger partial charge < -0.3 is 18.9 Å². The predicted octanol–water partition coefficient (Wildman–Crippen LogP) is 0.743. The second-order valence-corrected chi connectivity index (χ2v) is 2.60. The number of ether oxygens (including phenoxy) is 4. The van der Waals surface area contributed by atoms with Crippen molar-refractivity contribution in [3.63, 3.8) is 0 Å². The fourth-order valence-electron chi connectivity index (χ4n) is 0.757. The Hall–Kier alpha value is -1.07. The highest BCUT2D eigenvalue weighted by Crippen LogP contribution is 1.82. The van der Waals surface area contributed by atoms with Gasteiger partial charge in [0, 0.05) is 6.92 Å². The zero-order valence-electron chi connectivity index (χ0n) is 9.07. The summed E-state index contributed by atoms with van der Waals surface area (Å²) in [5.41, 5.74) is 0. The molecule has 0 aliphatic carbocycles. The van der Waals surface area contributed by atoms with E-state index in [0.29, 0.717) is 33.0 Å². The highest BCUT2D eigenvalue weighted by atomic mass is 16.6. The molecule has 0 bridgehead atoms. The fourth-order valence-corrected chi connectivity index (χ4v) is 0.757. The van der Waals surface area contributed by atoms with Gasteiger partial charge in [-0.25, -0.2) is 0 Å². The summed E-state index contributed by atoms with van der Waals surface area (Å²) >= 11 is 0. The van der Waals surface area contributed by atoms with E-state index in [9.17, 15) is 4.79 Å². The molecule has 0 rings (SSSR count). The molecule has 0 heterocycles. The predicted molar refractivity (Wildman–Crippen MR) is 54.4 cm³/mol. The van der Waals surface area contributed by atoms with E-state index in [1.54, 1.807) is 0 Å². The van der Waals surface area contributed by atoms with Gasteiger partial charge >= 0.3 is 5.97 Å². The fraction of sp³-hybridized carbons (Fsp3) is 0.700. The lowest BCUT2D eigenvalue weighted by Crippen LogP contribution is -2.12. The molecule has 0 fully saturated rings. The van der Waals surface area contributed by atoms with Gasteiger partial charge in [0.25, 0.3) is 0 Å². The Labute approximate surface area is 89.9 Å². The van der Waals surface area contributed by atoms with Crippen molar-refractivity contribution in [3.8, 4) is 0 Å². The van der Waals surface area contributed by atoms with E-state index >= 15 is 0 Å². The summed E-state index contributed by atoms with van der Waals surface area (Å²) in [6.07, 6.45) is 1.37. The Bertz CT molecular complexity index is 169. The molecule has 5 heteroatoms. The third-order valence-corrected chi connectivity index (χ3v) is 1.37. The highest BCUT2D eigenvalue weighted by molar-refractivity contribution is 5.65. The van der Waals surface area contributed by atoms with Gasteiger partial charge in [0.05, 0.1) is 32.7 Å². The molecule has 0 aliphatic heterocycles. The molecule has 5 nitrogen and oxygen atoms in total. The van der Waals surface area contributed by atoms with Gasteiger partial charge in [-0.2, -0.15) is 0 Å². The summed E-state index contributed by atoms with van der Waals surface area (Å²) in [5, 5.41) is 0. The first-order valence-corrected chi connectivity index (χ1v) is 4.78. The van der Waals surface area contributed by atoms with Crippen molar-refractivity contribution in [2.24, 2.45) is 0 Å². The van der Waals surface area contributed by atoms with E-state index in [1.165, 1.54) is 13.2 Å². The van der Waals surface area contributed by atoms with Crippen molar-refractivity contribution < 1.29 is 23.7 Å². The van der Waals surface area contributed by atoms with Crippen LogP contribution in [0.5, 0.6) is 0 Å². The van der Waals surface area contributed by atoms with E-state index in [0.717, 1.165) is 0 Å². The minimum absolute atomic E-state index is 0.287. The number of hydrogen-bond acceptors (Lipinski definition) is 5. The van der Waals surface area contributed by atoms with E-state index in [-0.39, 0.29) is 12.6 Å². The maximum atomic E-state index is 10.4. The Morgan fingerprint density at radius 2 is 1.60 bits per heavy atom. The number of carbonyl (C=O) groups excluding carboxylic acids is 1. The zero-order valence-corrected chi connectivity index (χ0v) is 9.07. The molecule has 0 spiro atoms. The average Bonchev–Trinajstić information content (AvgIpc) is 2.20. The van der Waals surface area contributed by atoms with Crippen LogP contribution in [0.1, 0.15) is 6.92 Å². The Balaban J connectivity index is 2.92. The van der Waals surface area contributed by atoms with Gasteiger partial charge in [-0.3, -0.25) is 4.79 Å². The smallest absolute Gasteiger partial charge is 0.302 e. The van der Waals surface area contributed by atoms with Crippen LogP contribution < -0.4 is 0 Å². The third kappa shape index (κ3) is 12.9. The standard InChI is InChI=1S/C10H18O5/c1-3-12-4-5-13-6-7-14-8-9-15-10(2)11/h3H,1,4-9H2,2H3. The summed E-state index contributed by atoms with van der Waals surface area (Å²) in [7, 11) is 0. The van der Waals surface area contributed by atoms with Crippen LogP contribution in [-0.2, 0) is 23.7 Å². The SMILES string of the molecule is C=COCCOCCOCCOC(C)=O. The lowest BCUT2D eigenvalue weighted by Gasteiger charge is -2.05. The second-order valence-electron chi connectivity index (χ2n) is 2.60. The van der Waals surface area contributed by atoms with Crippen molar-refractivity contribution >= 4 is 5.97 Å². The van der Waals surface area contributed by atoms with Crippen LogP contribution in [0.2, 0.25) is 0 Å². The van der Waals surface area contributed by atoms with E-state index < -0.39 is 0 Å². The second kappa shape index (κ2) is 11.0. The first kappa shape index (κ1) is 13.9. The summed E-state index contributed by atoms with van der Waals surface area (Å²) in [6.45, 7) is 7.44. The van der Waals surface area contributed by atoms with Crippen LogP contribution in [-0.4, -0.2) is 45.6 Å². The number of hydrogen-bond donors (Lipinski definition) is 0. The molecule has 0 aromatic rings. The van der Waals surface area contributed by atoms with Gasteiger partial charge in [0.2, 0.25) is 0 Å². The largest absolute Gasteiger partial charge is 0.499 e. The zero-order chi connectivity index (χ0) is 11.4. The molecule has 0 unspecified atom stereocenters. The van der Waals surface area contributed by atoms with Gasteiger partial charge in [-0.05, 0) is 0 Å². The highest BCUT2D eigenvalue weighted by Gasteiger charge is 1.93. The first-order chi connectivity index (χ1) is 7.27. The summed E-state index contributed by atoms with van der Waals surface area (Å²) in [5.74, 6) is -0.295. The van der Waals surface area contributed by atoms with Crippen LogP contribution in [0.25, 0.3) is 0 Å². The molecule has 0 N–H and O–H groups in total. The average molecular weight is 218 g/mol. The van der Waals surface area contributed by atoms with Crippen molar-refractivity contribution in [3.05, 3.63) is 12.8 Å². The van der Waals surface area contributed by atoms with E-state index in [2.05, 4.69) is 11.3 Å². The minimum atomic E-state index is -0.295. The molecule has 0 amide bonds. The molecule has 0 aliphatic rings. The molecule has 0 radical (unpaired) electrons. The van der Waals surface area contributed by atoms with Crippen LogP contribution in [0.3, 0.4) is 0 Å². The van der Waals surface area contributed by atoms with Crippen LogP contribution >= 0.6 is 0 Å². The van der Waals surface area contributed by atoms with Crippen molar-refractivity contribution in [2.75, 3.05) is 39.6 Å². The van der Waals surface area contributed by atoms with Gasteiger partial charge in [-0.15, -0.1) is 0 Å². The van der Waals surface area contributed by atoms with Crippen molar-refractivity contribution in [1.29, 1.82) is 0 Å². The monoisotopic (exact) mass is 218 g/mol. The Morgan fingerprint density at radius 3 is 2.13 bits per heavy atom. The maximum absolute atomic E-state index is 10.4. The molecule has 0 saturated heterocycles. The minimum Gasteiger partial charge on any atom is -0.499 e. The van der Waals surface area contributed by atoms with Gasteiger partial charge in [-0.1, -0.05) is 6.58 Å². The third-order valence-electron chi connectivity index (χ3n) is 1.37. The molecule has 0 aromatic heterocycles. The molecule has 0 saturated carbocycles. The normalized spacial score (nSPS) is 9.67. The maximum Gasteiger partial charge on any atom is 0.302 e. The number of esters is 1. The summed E-state index contributed by atoms with van der Waals surface area (Å²) in [4.78, 5) is 10.4. The first-order valence-electron chi connectivity index (χ1n) is 4.78. The van der Waals surface area contributed by atoms with E-state index in [4.69, 9.17) is 14.2 Å². The molecule has 0 atom stereocenters. The van der Waals surface area contributed by atoms with Crippen LogP contribution in [0, 0.1) is 0 Å². The molecular formula is C10H18O5. The number of rotatable bonds is 10. The molecule has 15 heavy (non-hydrogen) atoms. The Kier molecular flexibility index (Phi) is 10.2. The molecule has 88 valence electrons. The van der Waals surface area contributed by atoms with Crippen LogP contribution in [0.15, 0.2) is 12.8 Å². The molecule has 0 aromatic carbocycles. The summed E-state index contributed by atoms with van der Waals surface area (Å²) in [6, 6.07) is 0. The van der Waals surface area contributed by atoms with Crippen molar-refractivity contribution in [1.82, 2.24) is 0 Å². The number of carbonyl (C=O) groups is 1.